The number of sulfone groups is 1. The quantitative estimate of drug-likeness (QED) is 0.857. The molecule has 1 N–H and O–H groups in total. The largest absolute Gasteiger partial charge is 0.495 e. The van der Waals surface area contributed by atoms with Gasteiger partial charge in [0.2, 0.25) is 5.91 Å². The van der Waals surface area contributed by atoms with Gasteiger partial charge in [-0.25, -0.2) is 8.42 Å². The molecule has 134 valence electrons. The minimum absolute atomic E-state index is 0.166. The van der Waals surface area contributed by atoms with Crippen LogP contribution in [-0.2, 0) is 20.4 Å². The summed E-state index contributed by atoms with van der Waals surface area (Å²) in [7, 11) is -2.15. The number of nitrogens with one attached hydrogen (secondary N) is 1. The van der Waals surface area contributed by atoms with Crippen LogP contribution in [0, 0.1) is 13.8 Å². The molecule has 0 aliphatic heterocycles. The van der Waals surface area contributed by atoms with E-state index in [4.69, 9.17) is 4.74 Å². The van der Waals surface area contributed by atoms with Gasteiger partial charge in [0.05, 0.1) is 18.6 Å². The van der Waals surface area contributed by atoms with Gasteiger partial charge in [0.1, 0.15) is 11.0 Å². The third kappa shape index (κ3) is 4.60. The second-order valence-electron chi connectivity index (χ2n) is 6.07. The van der Waals surface area contributed by atoms with E-state index >= 15 is 0 Å². The molecule has 1 amide bonds. The normalized spacial score (nSPS) is 12.5. The molecule has 25 heavy (non-hydrogen) atoms. The zero-order valence-electron chi connectivity index (χ0n) is 14.9. The molecule has 2 rings (SSSR count). The summed E-state index contributed by atoms with van der Waals surface area (Å²) in [6.45, 7) is 5.18. The molecule has 0 bridgehead atoms. The van der Waals surface area contributed by atoms with Crippen molar-refractivity contribution in [1.82, 2.24) is 0 Å². The number of hydrogen-bond donors (Lipinski definition) is 1. The van der Waals surface area contributed by atoms with Crippen LogP contribution in [0.3, 0.4) is 0 Å². The summed E-state index contributed by atoms with van der Waals surface area (Å²) in [5.41, 5.74) is 3.05. The molecule has 6 heteroatoms. The standard InChI is InChI=1S/C19H23NO4S/c1-13-9-10-14(2)16(11-13)12-25(22,23)15(3)19(21)20-17-7-5-6-8-18(17)24-4/h5-11,15H,12H2,1-4H3,(H,20,21)/t15-/m0/s1. The van der Waals surface area contributed by atoms with E-state index in [1.807, 2.05) is 32.0 Å². The summed E-state index contributed by atoms with van der Waals surface area (Å²) < 4.78 is 30.5. The van der Waals surface area contributed by atoms with Gasteiger partial charge < -0.3 is 10.1 Å². The Balaban J connectivity index is 2.18. The summed E-state index contributed by atoms with van der Waals surface area (Å²) in [5, 5.41) is 1.47. The zero-order chi connectivity index (χ0) is 18.6. The van der Waals surface area contributed by atoms with E-state index in [1.54, 1.807) is 24.3 Å². The van der Waals surface area contributed by atoms with Gasteiger partial charge in [-0.2, -0.15) is 0 Å². The average molecular weight is 361 g/mol. The summed E-state index contributed by atoms with van der Waals surface area (Å²) in [5.74, 6) is -0.258. The molecule has 2 aromatic carbocycles. The van der Waals surface area contributed by atoms with Gasteiger partial charge in [-0.05, 0) is 44.0 Å². The number of methoxy groups -OCH3 is 1. The Morgan fingerprint density at radius 2 is 1.84 bits per heavy atom. The van der Waals surface area contributed by atoms with Crippen molar-refractivity contribution < 1.29 is 17.9 Å². The lowest BCUT2D eigenvalue weighted by Crippen LogP contribution is -2.33. The fourth-order valence-electron chi connectivity index (χ4n) is 2.44. The second kappa shape index (κ2) is 7.70. The molecular formula is C19H23NO4S. The number of aryl methyl sites for hydroxylation is 2. The van der Waals surface area contributed by atoms with Gasteiger partial charge in [0.15, 0.2) is 9.84 Å². The highest BCUT2D eigenvalue weighted by Crippen LogP contribution is 2.24. The van der Waals surface area contributed by atoms with Crippen LogP contribution in [0.5, 0.6) is 5.75 Å². The molecule has 0 spiro atoms. The van der Waals surface area contributed by atoms with Crippen LogP contribution in [0.25, 0.3) is 0 Å². The molecule has 0 heterocycles. The van der Waals surface area contributed by atoms with Crippen LogP contribution in [-0.4, -0.2) is 26.7 Å². The molecular weight excluding hydrogens is 338 g/mol. The van der Waals surface area contributed by atoms with Gasteiger partial charge in [-0.3, -0.25) is 4.79 Å². The molecule has 0 aliphatic carbocycles. The highest BCUT2D eigenvalue weighted by atomic mass is 32.2. The monoisotopic (exact) mass is 361 g/mol. The first-order valence-electron chi connectivity index (χ1n) is 7.96. The van der Waals surface area contributed by atoms with Gasteiger partial charge in [-0.15, -0.1) is 0 Å². The number of rotatable bonds is 6. The van der Waals surface area contributed by atoms with E-state index in [9.17, 15) is 13.2 Å². The minimum Gasteiger partial charge on any atom is -0.495 e. The van der Waals surface area contributed by atoms with Crippen LogP contribution in [0.1, 0.15) is 23.6 Å². The highest BCUT2D eigenvalue weighted by Gasteiger charge is 2.29. The lowest BCUT2D eigenvalue weighted by molar-refractivity contribution is -0.115. The number of para-hydroxylation sites is 2. The van der Waals surface area contributed by atoms with Gasteiger partial charge in [0, 0.05) is 0 Å². The fourth-order valence-corrected chi connectivity index (χ4v) is 3.82. The Kier molecular flexibility index (Phi) is 5.85. The fraction of sp³-hybridized carbons (Fsp3) is 0.316. The maximum absolute atomic E-state index is 12.7. The number of ether oxygens (including phenoxy) is 1. The van der Waals surface area contributed by atoms with Crippen molar-refractivity contribution in [2.75, 3.05) is 12.4 Å². The predicted molar refractivity (Wildman–Crippen MR) is 99.6 cm³/mol. The maximum Gasteiger partial charge on any atom is 0.242 e. The number of carbonyl (C=O) groups excluding carboxylic acids is 1. The van der Waals surface area contributed by atoms with Gasteiger partial charge >= 0.3 is 0 Å². The molecule has 1 atom stereocenters. The second-order valence-corrected chi connectivity index (χ2v) is 8.39. The van der Waals surface area contributed by atoms with E-state index in [-0.39, 0.29) is 5.75 Å². The third-order valence-electron chi connectivity index (χ3n) is 4.13. The van der Waals surface area contributed by atoms with Crippen molar-refractivity contribution >= 4 is 21.4 Å². The first kappa shape index (κ1) is 19.0. The molecule has 0 aromatic heterocycles. The molecule has 0 saturated heterocycles. The van der Waals surface area contributed by atoms with Crippen molar-refractivity contribution in [1.29, 1.82) is 0 Å². The number of hydrogen-bond acceptors (Lipinski definition) is 4. The van der Waals surface area contributed by atoms with E-state index < -0.39 is 21.0 Å². The molecule has 0 aliphatic rings. The predicted octanol–water partition coefficient (Wildman–Crippen LogP) is 3.25. The van der Waals surface area contributed by atoms with Crippen molar-refractivity contribution in [2.45, 2.75) is 31.8 Å². The van der Waals surface area contributed by atoms with Crippen LogP contribution in [0.15, 0.2) is 42.5 Å². The Morgan fingerprint density at radius 1 is 1.16 bits per heavy atom. The summed E-state index contributed by atoms with van der Waals surface area (Å²) >= 11 is 0. The highest BCUT2D eigenvalue weighted by molar-refractivity contribution is 7.92. The Bertz CT molecular complexity index is 875. The Morgan fingerprint density at radius 3 is 2.52 bits per heavy atom. The van der Waals surface area contributed by atoms with Gasteiger partial charge in [-0.1, -0.05) is 35.9 Å². The van der Waals surface area contributed by atoms with Crippen LogP contribution < -0.4 is 10.1 Å². The van der Waals surface area contributed by atoms with Crippen LogP contribution in [0.4, 0.5) is 5.69 Å². The van der Waals surface area contributed by atoms with Crippen LogP contribution in [0.2, 0.25) is 0 Å². The van der Waals surface area contributed by atoms with Crippen molar-refractivity contribution in [3.05, 3.63) is 59.2 Å². The number of benzene rings is 2. The number of carbonyl (C=O) groups is 1. The third-order valence-corrected chi connectivity index (χ3v) is 6.14. The Labute approximate surface area is 148 Å². The lowest BCUT2D eigenvalue weighted by atomic mass is 10.1. The first-order valence-corrected chi connectivity index (χ1v) is 9.67. The van der Waals surface area contributed by atoms with E-state index in [0.29, 0.717) is 11.4 Å². The van der Waals surface area contributed by atoms with Crippen molar-refractivity contribution in [3.63, 3.8) is 0 Å². The van der Waals surface area contributed by atoms with E-state index in [0.717, 1.165) is 16.7 Å². The smallest absolute Gasteiger partial charge is 0.242 e. The summed E-state index contributed by atoms with van der Waals surface area (Å²) in [4.78, 5) is 12.4. The SMILES string of the molecule is COc1ccccc1NC(=O)[C@H](C)S(=O)(=O)Cc1cc(C)ccc1C. The van der Waals surface area contributed by atoms with Crippen molar-refractivity contribution in [3.8, 4) is 5.75 Å². The number of amides is 1. The van der Waals surface area contributed by atoms with Crippen molar-refractivity contribution in [2.24, 2.45) is 0 Å². The summed E-state index contributed by atoms with van der Waals surface area (Å²) in [6, 6.07) is 12.6. The molecule has 0 fully saturated rings. The molecule has 0 radical (unpaired) electrons. The van der Waals surface area contributed by atoms with Gasteiger partial charge in [0.25, 0.3) is 0 Å². The summed E-state index contributed by atoms with van der Waals surface area (Å²) in [6.07, 6.45) is 0. The molecule has 0 saturated carbocycles. The Hall–Kier alpha value is -2.34. The van der Waals surface area contributed by atoms with Crippen LogP contribution >= 0.6 is 0 Å². The van der Waals surface area contributed by atoms with E-state index in [2.05, 4.69) is 5.32 Å². The topological polar surface area (TPSA) is 72.5 Å². The molecule has 5 nitrogen and oxygen atoms in total. The molecule has 0 unspecified atom stereocenters. The molecule has 2 aromatic rings. The lowest BCUT2D eigenvalue weighted by Gasteiger charge is -2.16. The number of anilines is 1. The average Bonchev–Trinajstić information content (AvgIpc) is 2.57. The van der Waals surface area contributed by atoms with E-state index in [1.165, 1.54) is 14.0 Å². The first-order chi connectivity index (χ1) is 11.7. The maximum atomic E-state index is 12.7. The minimum atomic E-state index is -3.64. The zero-order valence-corrected chi connectivity index (χ0v) is 15.7.